The van der Waals surface area contributed by atoms with Gasteiger partial charge in [-0.05, 0) is 62.2 Å². The third kappa shape index (κ3) is 3.99. The van der Waals surface area contributed by atoms with Crippen LogP contribution >= 0.6 is 0 Å². The van der Waals surface area contributed by atoms with Crippen molar-refractivity contribution in [2.45, 2.75) is 51.9 Å². The van der Waals surface area contributed by atoms with Gasteiger partial charge >= 0.3 is 0 Å². The molecule has 1 N–H and O–H groups in total. The number of hydrogen-bond donors (Lipinski definition) is 1. The maximum atomic E-state index is 5.95. The zero-order valence-corrected chi connectivity index (χ0v) is 13.0. The van der Waals surface area contributed by atoms with E-state index in [0.717, 1.165) is 37.8 Å². The second-order valence-electron chi connectivity index (χ2n) is 5.89. The van der Waals surface area contributed by atoms with E-state index in [4.69, 9.17) is 4.74 Å². The Kier molecular flexibility index (Phi) is 6.38. The largest absolute Gasteiger partial charge is 0.493 e. The molecule has 112 valence electrons. The van der Waals surface area contributed by atoms with Crippen molar-refractivity contribution < 1.29 is 4.74 Å². The van der Waals surface area contributed by atoms with Crippen molar-refractivity contribution in [3.8, 4) is 5.75 Å². The Morgan fingerprint density at radius 3 is 2.80 bits per heavy atom. The van der Waals surface area contributed by atoms with Crippen LogP contribution in [0.25, 0.3) is 0 Å². The Morgan fingerprint density at radius 2 is 2.00 bits per heavy atom. The van der Waals surface area contributed by atoms with Gasteiger partial charge in [-0.3, -0.25) is 0 Å². The van der Waals surface area contributed by atoms with E-state index in [1.807, 2.05) is 0 Å². The highest BCUT2D eigenvalue weighted by atomic mass is 16.5. The fourth-order valence-corrected chi connectivity index (χ4v) is 3.29. The molecule has 20 heavy (non-hydrogen) atoms. The first-order valence-corrected chi connectivity index (χ1v) is 8.29. The molecule has 1 fully saturated rings. The monoisotopic (exact) mass is 275 g/mol. The summed E-state index contributed by atoms with van der Waals surface area (Å²) in [6.07, 6.45) is 6.30. The highest BCUT2D eigenvalue weighted by molar-refractivity contribution is 5.37. The molecule has 0 saturated heterocycles. The average molecular weight is 275 g/mol. The van der Waals surface area contributed by atoms with Crippen LogP contribution in [0.2, 0.25) is 0 Å². The van der Waals surface area contributed by atoms with E-state index in [0.29, 0.717) is 5.92 Å². The maximum absolute atomic E-state index is 5.95. The second kappa shape index (κ2) is 8.31. The lowest BCUT2D eigenvalue weighted by Gasteiger charge is -2.23. The highest BCUT2D eigenvalue weighted by Crippen LogP contribution is 2.42. The van der Waals surface area contributed by atoms with Crippen molar-refractivity contribution in [3.05, 3.63) is 29.8 Å². The molecule has 0 aliphatic heterocycles. The molecule has 0 radical (unpaired) electrons. The molecule has 2 atom stereocenters. The molecule has 0 spiro atoms. The van der Waals surface area contributed by atoms with Gasteiger partial charge in [0.25, 0.3) is 0 Å². The number of hydrogen-bond acceptors (Lipinski definition) is 2. The van der Waals surface area contributed by atoms with Gasteiger partial charge in [0.15, 0.2) is 0 Å². The van der Waals surface area contributed by atoms with Gasteiger partial charge in [-0.1, -0.05) is 38.5 Å². The Morgan fingerprint density at radius 1 is 1.15 bits per heavy atom. The molecule has 2 rings (SSSR count). The predicted molar refractivity (Wildman–Crippen MR) is 85.5 cm³/mol. The molecule has 1 aromatic rings. The van der Waals surface area contributed by atoms with Crippen LogP contribution in [-0.4, -0.2) is 19.7 Å². The summed E-state index contributed by atoms with van der Waals surface area (Å²) in [6, 6.07) is 8.66. The topological polar surface area (TPSA) is 21.3 Å². The molecule has 1 saturated carbocycles. The normalized spacial score (nSPS) is 22.1. The molecule has 0 heterocycles. The third-order valence-electron chi connectivity index (χ3n) is 4.27. The zero-order valence-electron chi connectivity index (χ0n) is 13.0. The van der Waals surface area contributed by atoms with Gasteiger partial charge < -0.3 is 10.1 Å². The number of nitrogens with one attached hydrogen (secondary N) is 1. The summed E-state index contributed by atoms with van der Waals surface area (Å²) in [5, 5.41) is 3.60. The van der Waals surface area contributed by atoms with Gasteiger partial charge in [-0.15, -0.1) is 0 Å². The van der Waals surface area contributed by atoms with E-state index in [2.05, 4.69) is 43.4 Å². The van der Waals surface area contributed by atoms with Crippen LogP contribution < -0.4 is 10.1 Å². The summed E-state index contributed by atoms with van der Waals surface area (Å²) in [6.45, 7) is 7.50. The Bertz CT molecular complexity index is 391. The summed E-state index contributed by atoms with van der Waals surface area (Å²) in [5.41, 5.74) is 1.43. The number of benzene rings is 1. The van der Waals surface area contributed by atoms with Crippen LogP contribution in [0.1, 0.15) is 57.4 Å². The fraction of sp³-hybridized carbons (Fsp3) is 0.667. The van der Waals surface area contributed by atoms with Crippen molar-refractivity contribution >= 4 is 0 Å². The average Bonchev–Trinajstić information content (AvgIpc) is 2.94. The third-order valence-corrected chi connectivity index (χ3v) is 4.27. The van der Waals surface area contributed by atoms with Gasteiger partial charge in [0.2, 0.25) is 0 Å². The lowest BCUT2D eigenvalue weighted by molar-refractivity contribution is 0.308. The fourth-order valence-electron chi connectivity index (χ4n) is 3.29. The lowest BCUT2D eigenvalue weighted by atomic mass is 9.88. The van der Waals surface area contributed by atoms with E-state index in [9.17, 15) is 0 Å². The van der Waals surface area contributed by atoms with E-state index in [-0.39, 0.29) is 0 Å². The first-order chi connectivity index (χ1) is 9.86. The SMILES string of the molecule is CCCNCC1CCCC1c1ccccc1OCCC. The molecule has 0 amide bonds. The van der Waals surface area contributed by atoms with E-state index in [1.54, 1.807) is 0 Å². The zero-order chi connectivity index (χ0) is 14.2. The van der Waals surface area contributed by atoms with Gasteiger partial charge in [0.05, 0.1) is 6.61 Å². The Hall–Kier alpha value is -1.02. The predicted octanol–water partition coefficient (Wildman–Crippen LogP) is 4.36. The molecule has 0 aromatic heterocycles. The van der Waals surface area contributed by atoms with Crippen LogP contribution in [-0.2, 0) is 0 Å². The number of para-hydroxylation sites is 1. The number of rotatable bonds is 8. The maximum Gasteiger partial charge on any atom is 0.122 e. The van der Waals surface area contributed by atoms with E-state index >= 15 is 0 Å². The minimum atomic E-state index is 0.674. The smallest absolute Gasteiger partial charge is 0.122 e. The van der Waals surface area contributed by atoms with E-state index in [1.165, 1.54) is 31.2 Å². The minimum Gasteiger partial charge on any atom is -0.493 e. The molecule has 2 unspecified atom stereocenters. The second-order valence-corrected chi connectivity index (χ2v) is 5.89. The highest BCUT2D eigenvalue weighted by Gasteiger charge is 2.30. The van der Waals surface area contributed by atoms with Crippen LogP contribution in [0.4, 0.5) is 0 Å². The molecular formula is C18H29NO. The molecule has 2 nitrogen and oxygen atoms in total. The molecule has 1 aliphatic carbocycles. The van der Waals surface area contributed by atoms with Crippen molar-refractivity contribution in [1.82, 2.24) is 5.32 Å². The van der Waals surface area contributed by atoms with Gasteiger partial charge in [-0.2, -0.15) is 0 Å². The van der Waals surface area contributed by atoms with Crippen molar-refractivity contribution in [1.29, 1.82) is 0 Å². The van der Waals surface area contributed by atoms with Crippen molar-refractivity contribution in [2.24, 2.45) is 5.92 Å². The summed E-state index contributed by atoms with van der Waals surface area (Å²) in [5.74, 6) is 2.56. The molecule has 1 aromatic carbocycles. The summed E-state index contributed by atoms with van der Waals surface area (Å²) in [7, 11) is 0. The van der Waals surface area contributed by atoms with Gasteiger partial charge in [0, 0.05) is 0 Å². The quantitative estimate of drug-likeness (QED) is 0.712. The Balaban J connectivity index is 2.04. The Labute approximate surface area is 123 Å². The standard InChI is InChI=1S/C18H29NO/c1-3-12-19-14-15-8-7-10-16(15)17-9-5-6-11-18(17)20-13-4-2/h5-6,9,11,15-16,19H,3-4,7-8,10,12-14H2,1-2H3. The van der Waals surface area contributed by atoms with Gasteiger partial charge in [0.1, 0.15) is 5.75 Å². The minimum absolute atomic E-state index is 0.674. The first-order valence-electron chi connectivity index (χ1n) is 8.29. The first kappa shape index (κ1) is 15.4. The van der Waals surface area contributed by atoms with Crippen molar-refractivity contribution in [2.75, 3.05) is 19.7 Å². The molecular weight excluding hydrogens is 246 g/mol. The number of ether oxygens (including phenoxy) is 1. The van der Waals surface area contributed by atoms with Crippen molar-refractivity contribution in [3.63, 3.8) is 0 Å². The molecule has 0 bridgehead atoms. The summed E-state index contributed by atoms with van der Waals surface area (Å²) in [4.78, 5) is 0. The lowest BCUT2D eigenvalue weighted by Crippen LogP contribution is -2.25. The summed E-state index contributed by atoms with van der Waals surface area (Å²) >= 11 is 0. The molecule has 1 aliphatic rings. The van der Waals surface area contributed by atoms with Crippen LogP contribution in [0.3, 0.4) is 0 Å². The van der Waals surface area contributed by atoms with Gasteiger partial charge in [-0.25, -0.2) is 0 Å². The van der Waals surface area contributed by atoms with E-state index < -0.39 is 0 Å². The molecule has 2 heteroatoms. The van der Waals surface area contributed by atoms with Crippen LogP contribution in [0.15, 0.2) is 24.3 Å². The van der Waals surface area contributed by atoms with Crippen LogP contribution in [0.5, 0.6) is 5.75 Å². The summed E-state index contributed by atoms with van der Waals surface area (Å²) < 4.78 is 5.95. The van der Waals surface area contributed by atoms with Crippen LogP contribution in [0, 0.1) is 5.92 Å².